The zero-order valence-electron chi connectivity index (χ0n) is 12.8. The van der Waals surface area contributed by atoms with Crippen LogP contribution in [0, 0.1) is 5.82 Å². The lowest BCUT2D eigenvalue weighted by molar-refractivity contribution is -0.0565. The van der Waals surface area contributed by atoms with E-state index >= 15 is 0 Å². The van der Waals surface area contributed by atoms with Crippen LogP contribution < -0.4 is 4.74 Å². The van der Waals surface area contributed by atoms with E-state index in [0.717, 1.165) is 13.1 Å². The molecule has 0 radical (unpaired) electrons. The number of Topliss-reactive ketones (excluding diaryl/α,β-unsaturated/α-hetero) is 1. The zero-order valence-corrected chi connectivity index (χ0v) is 12.8. The largest absolute Gasteiger partial charge is 0.490 e. The number of carbonyl (C=O) groups excluding carboxylic acids is 1. The third kappa shape index (κ3) is 4.25. The molecule has 0 aromatic heterocycles. The number of halogens is 1. The quantitative estimate of drug-likeness (QED) is 0.783. The molecular weight excluding hydrogens is 273 g/mol. The first-order valence-corrected chi connectivity index (χ1v) is 7.26. The van der Waals surface area contributed by atoms with Crippen molar-refractivity contribution in [2.75, 3.05) is 26.3 Å². The molecule has 1 heterocycles. The first-order chi connectivity index (χ1) is 9.97. The van der Waals surface area contributed by atoms with E-state index in [1.165, 1.54) is 25.1 Å². The Labute approximate surface area is 124 Å². The van der Waals surface area contributed by atoms with Crippen molar-refractivity contribution in [3.63, 3.8) is 0 Å². The molecule has 0 saturated carbocycles. The molecule has 0 N–H and O–H groups in total. The van der Waals surface area contributed by atoms with Gasteiger partial charge in [-0.2, -0.15) is 0 Å². The van der Waals surface area contributed by atoms with Gasteiger partial charge in [-0.05, 0) is 39.0 Å². The highest BCUT2D eigenvalue weighted by molar-refractivity contribution is 5.96. The fourth-order valence-electron chi connectivity index (χ4n) is 2.40. The summed E-state index contributed by atoms with van der Waals surface area (Å²) in [6, 6.07) is 4.47. The van der Waals surface area contributed by atoms with Gasteiger partial charge < -0.3 is 9.47 Å². The van der Waals surface area contributed by atoms with Gasteiger partial charge in [0, 0.05) is 19.1 Å². The number of ketones is 1. The van der Waals surface area contributed by atoms with Crippen molar-refractivity contribution < 1.29 is 18.7 Å². The predicted octanol–water partition coefficient (Wildman–Crippen LogP) is 2.52. The first kappa shape index (κ1) is 15.9. The highest BCUT2D eigenvalue weighted by Gasteiger charge is 2.23. The fourth-order valence-corrected chi connectivity index (χ4v) is 2.40. The standard InChI is InChI=1S/C16H22FNO3/c1-11(2)18-6-7-20-14(9-18)10-21-16-5-4-13(17)8-15(16)12(3)19/h4-5,8,11,14H,6-7,9-10H2,1-3H3. The summed E-state index contributed by atoms with van der Waals surface area (Å²) in [5.74, 6) is -0.237. The Morgan fingerprint density at radius 3 is 2.95 bits per heavy atom. The normalized spacial score (nSPS) is 19.8. The summed E-state index contributed by atoms with van der Waals surface area (Å²) < 4.78 is 24.6. The summed E-state index contributed by atoms with van der Waals surface area (Å²) >= 11 is 0. The molecule has 1 fully saturated rings. The average Bonchev–Trinajstić information content (AvgIpc) is 2.46. The van der Waals surface area contributed by atoms with E-state index in [1.807, 2.05) is 0 Å². The molecule has 0 aliphatic carbocycles. The van der Waals surface area contributed by atoms with Crippen LogP contribution in [-0.2, 0) is 4.74 Å². The van der Waals surface area contributed by atoms with Crippen molar-refractivity contribution in [3.8, 4) is 5.75 Å². The van der Waals surface area contributed by atoms with Crippen LogP contribution in [0.1, 0.15) is 31.1 Å². The topological polar surface area (TPSA) is 38.8 Å². The Bertz CT molecular complexity index is 504. The lowest BCUT2D eigenvalue weighted by Crippen LogP contribution is -2.47. The molecule has 1 atom stereocenters. The number of carbonyl (C=O) groups is 1. The minimum atomic E-state index is -0.438. The number of hydrogen-bond acceptors (Lipinski definition) is 4. The summed E-state index contributed by atoms with van der Waals surface area (Å²) in [6.45, 7) is 8.45. The number of rotatable bonds is 5. The summed E-state index contributed by atoms with van der Waals surface area (Å²) in [6.07, 6.45) is -0.0361. The van der Waals surface area contributed by atoms with Crippen LogP contribution >= 0.6 is 0 Å². The predicted molar refractivity (Wildman–Crippen MR) is 78.3 cm³/mol. The van der Waals surface area contributed by atoms with Gasteiger partial charge in [-0.25, -0.2) is 4.39 Å². The second-order valence-corrected chi connectivity index (χ2v) is 5.59. The van der Waals surface area contributed by atoms with E-state index in [1.54, 1.807) is 0 Å². The maximum atomic E-state index is 13.2. The lowest BCUT2D eigenvalue weighted by atomic mass is 10.1. The molecule has 0 spiro atoms. The zero-order chi connectivity index (χ0) is 15.4. The van der Waals surface area contributed by atoms with Crippen LogP contribution in [0.2, 0.25) is 0 Å². The van der Waals surface area contributed by atoms with Gasteiger partial charge >= 0.3 is 0 Å². The van der Waals surface area contributed by atoms with Gasteiger partial charge in [0.15, 0.2) is 5.78 Å². The molecule has 1 saturated heterocycles. The van der Waals surface area contributed by atoms with Gasteiger partial charge in [0.25, 0.3) is 0 Å². The van der Waals surface area contributed by atoms with Gasteiger partial charge in [0.2, 0.25) is 0 Å². The Morgan fingerprint density at radius 2 is 2.29 bits per heavy atom. The van der Waals surface area contributed by atoms with Crippen LogP contribution in [0.4, 0.5) is 4.39 Å². The Balaban J connectivity index is 1.98. The Hall–Kier alpha value is -1.46. The smallest absolute Gasteiger partial charge is 0.163 e. The van der Waals surface area contributed by atoms with E-state index in [2.05, 4.69) is 18.7 Å². The molecule has 1 aromatic rings. The SMILES string of the molecule is CC(=O)c1cc(F)ccc1OCC1CN(C(C)C)CCO1. The second-order valence-electron chi connectivity index (χ2n) is 5.59. The summed E-state index contributed by atoms with van der Waals surface area (Å²) in [7, 11) is 0. The van der Waals surface area contributed by atoms with Crippen molar-refractivity contribution in [2.24, 2.45) is 0 Å². The molecule has 4 nitrogen and oxygen atoms in total. The van der Waals surface area contributed by atoms with Gasteiger partial charge in [-0.15, -0.1) is 0 Å². The molecule has 5 heteroatoms. The van der Waals surface area contributed by atoms with Crippen LogP contribution in [-0.4, -0.2) is 49.1 Å². The van der Waals surface area contributed by atoms with Crippen LogP contribution in [0.25, 0.3) is 0 Å². The van der Waals surface area contributed by atoms with E-state index < -0.39 is 5.82 Å². The third-order valence-corrected chi connectivity index (χ3v) is 3.65. The van der Waals surface area contributed by atoms with Crippen molar-refractivity contribution in [3.05, 3.63) is 29.6 Å². The fraction of sp³-hybridized carbons (Fsp3) is 0.562. The van der Waals surface area contributed by atoms with Crippen LogP contribution in [0.15, 0.2) is 18.2 Å². The van der Waals surface area contributed by atoms with E-state index in [4.69, 9.17) is 9.47 Å². The lowest BCUT2D eigenvalue weighted by Gasteiger charge is -2.35. The van der Waals surface area contributed by atoms with Gasteiger partial charge in [0.1, 0.15) is 24.3 Å². The Morgan fingerprint density at radius 1 is 1.52 bits per heavy atom. The number of hydrogen-bond donors (Lipinski definition) is 0. The second kappa shape index (κ2) is 7.00. The van der Waals surface area contributed by atoms with Crippen molar-refractivity contribution in [1.29, 1.82) is 0 Å². The van der Waals surface area contributed by atoms with Gasteiger partial charge in [-0.3, -0.25) is 9.69 Å². The molecule has 1 aliphatic rings. The van der Waals surface area contributed by atoms with Crippen molar-refractivity contribution >= 4 is 5.78 Å². The van der Waals surface area contributed by atoms with Gasteiger partial charge in [-0.1, -0.05) is 0 Å². The average molecular weight is 295 g/mol. The maximum Gasteiger partial charge on any atom is 0.163 e. The highest BCUT2D eigenvalue weighted by atomic mass is 19.1. The minimum Gasteiger partial charge on any atom is -0.490 e. The maximum absolute atomic E-state index is 13.2. The minimum absolute atomic E-state index is 0.0361. The highest BCUT2D eigenvalue weighted by Crippen LogP contribution is 2.21. The molecule has 0 bridgehead atoms. The molecule has 21 heavy (non-hydrogen) atoms. The summed E-state index contributed by atoms with van der Waals surface area (Å²) in [4.78, 5) is 13.9. The molecule has 1 aromatic carbocycles. The molecular formula is C16H22FNO3. The van der Waals surface area contributed by atoms with E-state index in [-0.39, 0.29) is 17.5 Å². The van der Waals surface area contributed by atoms with E-state index in [9.17, 15) is 9.18 Å². The molecule has 1 unspecified atom stereocenters. The number of nitrogens with zero attached hydrogens (tertiary/aromatic N) is 1. The number of benzene rings is 1. The molecule has 116 valence electrons. The summed E-state index contributed by atoms with van der Waals surface area (Å²) in [5.41, 5.74) is 0.270. The first-order valence-electron chi connectivity index (χ1n) is 7.26. The van der Waals surface area contributed by atoms with Crippen molar-refractivity contribution in [1.82, 2.24) is 4.90 Å². The third-order valence-electron chi connectivity index (χ3n) is 3.65. The number of ether oxygens (including phenoxy) is 2. The Kier molecular flexibility index (Phi) is 5.31. The van der Waals surface area contributed by atoms with Crippen molar-refractivity contribution in [2.45, 2.75) is 32.9 Å². The summed E-state index contributed by atoms with van der Waals surface area (Å²) in [5, 5.41) is 0. The molecule has 0 amide bonds. The van der Waals surface area contributed by atoms with Crippen LogP contribution in [0.3, 0.4) is 0 Å². The van der Waals surface area contributed by atoms with Crippen LogP contribution in [0.5, 0.6) is 5.75 Å². The molecule has 1 aliphatic heterocycles. The monoisotopic (exact) mass is 295 g/mol. The molecule has 2 rings (SSSR count). The van der Waals surface area contributed by atoms with Gasteiger partial charge in [0.05, 0.1) is 12.2 Å². The van der Waals surface area contributed by atoms with E-state index in [0.29, 0.717) is 25.0 Å². The number of morpholine rings is 1.